The Morgan fingerprint density at radius 1 is 1.42 bits per heavy atom. The lowest BCUT2D eigenvalue weighted by atomic mass is 10.1. The summed E-state index contributed by atoms with van der Waals surface area (Å²) < 4.78 is 0. The van der Waals surface area contributed by atoms with Crippen molar-refractivity contribution in [2.75, 3.05) is 5.73 Å². The Morgan fingerprint density at radius 2 is 2.21 bits per heavy atom. The van der Waals surface area contributed by atoms with Gasteiger partial charge in [-0.1, -0.05) is 17.7 Å². The Bertz CT molecular complexity index is 586. The molecule has 98 valence electrons. The maximum Gasteiger partial charge on any atom is 0.251 e. The van der Waals surface area contributed by atoms with E-state index < -0.39 is 0 Å². The number of benzene rings is 1. The molecule has 1 aromatic heterocycles. The second-order valence-electron chi connectivity index (χ2n) is 4.22. The highest BCUT2D eigenvalue weighted by molar-refractivity contribution is 6.33. The van der Waals surface area contributed by atoms with Gasteiger partial charge in [-0.05, 0) is 36.8 Å². The van der Waals surface area contributed by atoms with Gasteiger partial charge in [-0.3, -0.25) is 9.78 Å². The number of halogens is 1. The number of carbonyl (C=O) groups is 1. The third kappa shape index (κ3) is 3.23. The molecule has 0 fully saturated rings. The fourth-order valence-corrected chi connectivity index (χ4v) is 1.84. The molecule has 0 aliphatic rings. The lowest BCUT2D eigenvalue weighted by molar-refractivity contribution is 0.0940. The average Bonchev–Trinajstić information content (AvgIpc) is 2.42. The molecule has 0 unspecified atom stereocenters. The van der Waals surface area contributed by atoms with Crippen LogP contribution in [-0.4, -0.2) is 10.9 Å². The number of carbonyl (C=O) groups excluding carboxylic acids is 1. The number of anilines is 1. The van der Waals surface area contributed by atoms with Gasteiger partial charge >= 0.3 is 0 Å². The van der Waals surface area contributed by atoms with E-state index in [1.807, 2.05) is 19.1 Å². The molecule has 1 amide bonds. The Balaban J connectivity index is 2.11. The summed E-state index contributed by atoms with van der Waals surface area (Å²) in [4.78, 5) is 16.1. The van der Waals surface area contributed by atoms with Gasteiger partial charge in [-0.15, -0.1) is 0 Å². The minimum absolute atomic E-state index is 0.127. The van der Waals surface area contributed by atoms with Crippen molar-refractivity contribution >= 4 is 23.2 Å². The van der Waals surface area contributed by atoms with Crippen LogP contribution < -0.4 is 11.1 Å². The SMILES string of the molecule is C[C@@H](NC(=O)c1ccc(N)c(Cl)c1)c1cccnc1. The maximum absolute atomic E-state index is 12.1. The number of amides is 1. The second-order valence-corrected chi connectivity index (χ2v) is 4.63. The Morgan fingerprint density at radius 3 is 2.84 bits per heavy atom. The third-order valence-electron chi connectivity index (χ3n) is 2.79. The van der Waals surface area contributed by atoms with E-state index in [0.29, 0.717) is 16.3 Å². The molecule has 3 N–H and O–H groups in total. The first-order chi connectivity index (χ1) is 9.08. The summed E-state index contributed by atoms with van der Waals surface area (Å²) >= 11 is 5.90. The Kier molecular flexibility index (Phi) is 4.02. The van der Waals surface area contributed by atoms with E-state index in [1.54, 1.807) is 30.6 Å². The monoisotopic (exact) mass is 275 g/mol. The highest BCUT2D eigenvalue weighted by Gasteiger charge is 2.12. The van der Waals surface area contributed by atoms with E-state index in [2.05, 4.69) is 10.3 Å². The smallest absolute Gasteiger partial charge is 0.251 e. The zero-order valence-electron chi connectivity index (χ0n) is 10.4. The molecule has 0 bridgehead atoms. The number of pyridine rings is 1. The lowest BCUT2D eigenvalue weighted by Gasteiger charge is -2.14. The number of nitrogen functional groups attached to an aromatic ring is 1. The van der Waals surface area contributed by atoms with E-state index in [-0.39, 0.29) is 11.9 Å². The van der Waals surface area contributed by atoms with E-state index in [0.717, 1.165) is 5.56 Å². The first-order valence-corrected chi connectivity index (χ1v) is 6.21. The van der Waals surface area contributed by atoms with E-state index in [1.165, 1.54) is 0 Å². The first kappa shape index (κ1) is 13.4. The summed E-state index contributed by atoms with van der Waals surface area (Å²) in [6, 6.07) is 8.43. The molecule has 2 aromatic rings. The fourth-order valence-electron chi connectivity index (χ4n) is 1.66. The number of aromatic nitrogens is 1. The van der Waals surface area contributed by atoms with Gasteiger partial charge in [0.1, 0.15) is 0 Å². The number of hydrogen-bond donors (Lipinski definition) is 2. The number of nitrogens with two attached hydrogens (primary N) is 1. The molecule has 0 radical (unpaired) electrons. The molecule has 1 heterocycles. The lowest BCUT2D eigenvalue weighted by Crippen LogP contribution is -2.26. The van der Waals surface area contributed by atoms with Crippen LogP contribution in [0, 0.1) is 0 Å². The van der Waals surface area contributed by atoms with Crippen LogP contribution in [0.3, 0.4) is 0 Å². The summed E-state index contributed by atoms with van der Waals surface area (Å²) in [7, 11) is 0. The van der Waals surface area contributed by atoms with E-state index in [4.69, 9.17) is 17.3 Å². The van der Waals surface area contributed by atoms with Gasteiger partial charge in [0.2, 0.25) is 0 Å². The summed E-state index contributed by atoms with van der Waals surface area (Å²) in [5, 5.41) is 3.26. The molecule has 19 heavy (non-hydrogen) atoms. The Hall–Kier alpha value is -2.07. The normalized spacial score (nSPS) is 11.9. The molecule has 0 spiro atoms. The van der Waals surface area contributed by atoms with Crippen molar-refractivity contribution in [1.82, 2.24) is 10.3 Å². The predicted octanol–water partition coefficient (Wildman–Crippen LogP) is 2.81. The highest BCUT2D eigenvalue weighted by atomic mass is 35.5. The van der Waals surface area contributed by atoms with Gasteiger partial charge in [0.15, 0.2) is 0 Å². The summed E-state index contributed by atoms with van der Waals surface area (Å²) in [6.45, 7) is 1.90. The number of nitrogens with zero attached hydrogens (tertiary/aromatic N) is 1. The second kappa shape index (κ2) is 5.71. The van der Waals surface area contributed by atoms with Crippen molar-refractivity contribution in [1.29, 1.82) is 0 Å². The molecule has 0 aliphatic heterocycles. The topological polar surface area (TPSA) is 68.0 Å². The highest BCUT2D eigenvalue weighted by Crippen LogP contribution is 2.20. The molecule has 1 atom stereocenters. The third-order valence-corrected chi connectivity index (χ3v) is 3.12. The largest absolute Gasteiger partial charge is 0.398 e. The minimum atomic E-state index is -0.196. The van der Waals surface area contributed by atoms with Gasteiger partial charge in [0.05, 0.1) is 16.8 Å². The molecule has 4 nitrogen and oxygen atoms in total. The molecule has 0 aliphatic carbocycles. The van der Waals surface area contributed by atoms with Crippen LogP contribution in [0.4, 0.5) is 5.69 Å². The predicted molar refractivity (Wildman–Crippen MR) is 76.0 cm³/mol. The van der Waals surface area contributed by atoms with Crippen molar-refractivity contribution < 1.29 is 4.79 Å². The molecule has 0 saturated carbocycles. The van der Waals surface area contributed by atoms with Crippen LogP contribution in [0.5, 0.6) is 0 Å². The van der Waals surface area contributed by atoms with Gasteiger partial charge in [0, 0.05) is 18.0 Å². The zero-order chi connectivity index (χ0) is 13.8. The zero-order valence-corrected chi connectivity index (χ0v) is 11.2. The molecular weight excluding hydrogens is 262 g/mol. The van der Waals surface area contributed by atoms with Crippen molar-refractivity contribution in [3.05, 3.63) is 58.9 Å². The minimum Gasteiger partial charge on any atom is -0.398 e. The van der Waals surface area contributed by atoms with Crippen LogP contribution in [-0.2, 0) is 0 Å². The van der Waals surface area contributed by atoms with Crippen LogP contribution in [0.1, 0.15) is 28.9 Å². The molecule has 0 saturated heterocycles. The van der Waals surface area contributed by atoms with Gasteiger partial charge in [-0.2, -0.15) is 0 Å². The summed E-state index contributed by atoms with van der Waals surface area (Å²) in [5.74, 6) is -0.196. The average molecular weight is 276 g/mol. The van der Waals surface area contributed by atoms with Crippen molar-refractivity contribution in [2.45, 2.75) is 13.0 Å². The maximum atomic E-state index is 12.1. The van der Waals surface area contributed by atoms with E-state index in [9.17, 15) is 4.79 Å². The van der Waals surface area contributed by atoms with Crippen LogP contribution in [0.25, 0.3) is 0 Å². The van der Waals surface area contributed by atoms with Gasteiger partial charge in [-0.25, -0.2) is 0 Å². The van der Waals surface area contributed by atoms with E-state index >= 15 is 0 Å². The molecule has 2 rings (SSSR count). The van der Waals surface area contributed by atoms with Gasteiger partial charge in [0.25, 0.3) is 5.91 Å². The number of rotatable bonds is 3. The van der Waals surface area contributed by atoms with Crippen molar-refractivity contribution in [2.24, 2.45) is 0 Å². The van der Waals surface area contributed by atoms with Crippen LogP contribution >= 0.6 is 11.6 Å². The molecule has 5 heteroatoms. The quantitative estimate of drug-likeness (QED) is 0.847. The Labute approximate surface area is 116 Å². The summed E-state index contributed by atoms with van der Waals surface area (Å²) in [5.41, 5.74) is 7.49. The summed E-state index contributed by atoms with van der Waals surface area (Å²) in [6.07, 6.45) is 3.42. The fraction of sp³-hybridized carbons (Fsp3) is 0.143. The van der Waals surface area contributed by atoms with Crippen molar-refractivity contribution in [3.8, 4) is 0 Å². The standard InChI is InChI=1S/C14H14ClN3O/c1-9(11-3-2-6-17-8-11)18-14(19)10-4-5-13(16)12(15)7-10/h2-9H,16H2,1H3,(H,18,19)/t9-/m1/s1. The molecule has 1 aromatic carbocycles. The number of nitrogens with one attached hydrogen (secondary N) is 1. The molecular formula is C14H14ClN3O. The van der Waals surface area contributed by atoms with Gasteiger partial charge < -0.3 is 11.1 Å². The van der Waals surface area contributed by atoms with Crippen molar-refractivity contribution in [3.63, 3.8) is 0 Å². The van der Waals surface area contributed by atoms with Crippen LogP contribution in [0.15, 0.2) is 42.7 Å². The first-order valence-electron chi connectivity index (χ1n) is 5.83. The number of hydrogen-bond acceptors (Lipinski definition) is 3. The van der Waals surface area contributed by atoms with Crippen LogP contribution in [0.2, 0.25) is 5.02 Å².